The molecule has 0 aliphatic carbocycles. The first-order valence-electron chi connectivity index (χ1n) is 6.90. The van der Waals surface area contributed by atoms with Crippen molar-refractivity contribution >= 4 is 23.4 Å². The lowest BCUT2D eigenvalue weighted by Crippen LogP contribution is -2.47. The zero-order valence-electron chi connectivity index (χ0n) is 12.1. The second-order valence-electron chi connectivity index (χ2n) is 5.52. The highest BCUT2D eigenvalue weighted by molar-refractivity contribution is 5.90. The van der Waals surface area contributed by atoms with E-state index >= 15 is 0 Å². The molecule has 0 spiro atoms. The number of hydrogen-bond donors (Lipinski definition) is 2. The van der Waals surface area contributed by atoms with Crippen LogP contribution in [0.25, 0.3) is 0 Å². The maximum atomic E-state index is 12.2. The van der Waals surface area contributed by atoms with E-state index < -0.39 is 22.8 Å². The van der Waals surface area contributed by atoms with Gasteiger partial charge in [-0.3, -0.25) is 14.9 Å². The van der Waals surface area contributed by atoms with Crippen molar-refractivity contribution in [3.63, 3.8) is 0 Å². The van der Waals surface area contributed by atoms with Gasteiger partial charge in [0.1, 0.15) is 0 Å². The molecule has 118 valence electrons. The van der Waals surface area contributed by atoms with E-state index in [1.165, 1.54) is 23.1 Å². The molecule has 22 heavy (non-hydrogen) atoms. The fourth-order valence-corrected chi connectivity index (χ4v) is 2.60. The molecular formula is C14H17N3O5. The molecule has 1 saturated heterocycles. The smallest absolute Gasteiger partial charge is 0.321 e. The number of nitrogens with zero attached hydrogens (tertiary/aromatic N) is 2. The number of non-ortho nitro benzene ring substituents is 1. The number of likely N-dealkylation sites (tertiary alicyclic amines) is 1. The van der Waals surface area contributed by atoms with E-state index in [9.17, 15) is 19.7 Å². The Hall–Kier alpha value is -2.64. The Morgan fingerprint density at radius 3 is 2.77 bits per heavy atom. The van der Waals surface area contributed by atoms with Gasteiger partial charge in [0, 0.05) is 30.9 Å². The minimum absolute atomic E-state index is 0.0886. The average Bonchev–Trinajstić information content (AvgIpc) is 2.46. The Balaban J connectivity index is 2.06. The van der Waals surface area contributed by atoms with E-state index in [0.717, 1.165) is 0 Å². The zero-order valence-corrected chi connectivity index (χ0v) is 12.1. The first-order valence-corrected chi connectivity index (χ1v) is 6.90. The first-order chi connectivity index (χ1) is 10.4. The van der Waals surface area contributed by atoms with Gasteiger partial charge in [0.2, 0.25) is 0 Å². The van der Waals surface area contributed by atoms with Crippen molar-refractivity contribution < 1.29 is 19.6 Å². The van der Waals surface area contributed by atoms with E-state index in [1.54, 1.807) is 6.07 Å². The third-order valence-corrected chi connectivity index (χ3v) is 3.60. The van der Waals surface area contributed by atoms with Crippen molar-refractivity contribution in [3.8, 4) is 0 Å². The fourth-order valence-electron chi connectivity index (χ4n) is 2.60. The number of carboxylic acid groups (broad SMARTS) is 1. The molecule has 0 radical (unpaired) electrons. The highest BCUT2D eigenvalue weighted by Crippen LogP contribution is 2.23. The highest BCUT2D eigenvalue weighted by atomic mass is 16.6. The number of nitro groups is 1. The van der Waals surface area contributed by atoms with Gasteiger partial charge in [0.25, 0.3) is 5.69 Å². The summed E-state index contributed by atoms with van der Waals surface area (Å²) >= 11 is 0. The first kappa shape index (κ1) is 15.7. The summed E-state index contributed by atoms with van der Waals surface area (Å²) in [6.07, 6.45) is 0.538. The molecule has 2 amide bonds. The molecule has 1 heterocycles. The van der Waals surface area contributed by atoms with Crippen LogP contribution in [0.3, 0.4) is 0 Å². The van der Waals surface area contributed by atoms with Crippen LogP contribution in [0.15, 0.2) is 24.3 Å². The lowest BCUT2D eigenvalue weighted by Gasteiger charge is -2.34. The molecule has 1 aliphatic rings. The van der Waals surface area contributed by atoms with Crippen LogP contribution in [-0.4, -0.2) is 40.0 Å². The monoisotopic (exact) mass is 307 g/mol. The zero-order chi connectivity index (χ0) is 16.3. The van der Waals surface area contributed by atoms with Gasteiger partial charge in [0.05, 0.1) is 10.8 Å². The van der Waals surface area contributed by atoms with E-state index in [0.29, 0.717) is 18.7 Å². The second-order valence-corrected chi connectivity index (χ2v) is 5.52. The van der Waals surface area contributed by atoms with Gasteiger partial charge >= 0.3 is 12.0 Å². The van der Waals surface area contributed by atoms with Crippen LogP contribution in [0, 0.1) is 22.0 Å². The Kier molecular flexibility index (Phi) is 4.59. The molecule has 2 N–H and O–H groups in total. The number of carbonyl (C=O) groups is 2. The average molecular weight is 307 g/mol. The number of rotatable bonds is 3. The number of carboxylic acids is 1. The topological polar surface area (TPSA) is 113 Å². The van der Waals surface area contributed by atoms with Crippen LogP contribution in [-0.2, 0) is 4.79 Å². The number of piperidine rings is 1. The van der Waals surface area contributed by atoms with Crippen molar-refractivity contribution in [1.29, 1.82) is 0 Å². The van der Waals surface area contributed by atoms with Crippen LogP contribution >= 0.6 is 0 Å². The number of hydrogen-bond acceptors (Lipinski definition) is 4. The summed E-state index contributed by atoms with van der Waals surface area (Å²) in [5.41, 5.74) is 0.192. The largest absolute Gasteiger partial charge is 0.481 e. The third kappa shape index (κ3) is 3.72. The van der Waals surface area contributed by atoms with E-state index in [2.05, 4.69) is 5.32 Å². The molecule has 0 aromatic heterocycles. The van der Waals surface area contributed by atoms with E-state index in [4.69, 9.17) is 5.11 Å². The lowest BCUT2D eigenvalue weighted by molar-refractivity contribution is -0.384. The molecule has 8 nitrogen and oxygen atoms in total. The Bertz CT molecular complexity index is 604. The fraction of sp³-hybridized carbons (Fsp3) is 0.429. The summed E-state index contributed by atoms with van der Waals surface area (Å²) in [4.78, 5) is 34.9. The van der Waals surface area contributed by atoms with Gasteiger partial charge in [-0.2, -0.15) is 0 Å². The van der Waals surface area contributed by atoms with Gasteiger partial charge in [-0.15, -0.1) is 0 Å². The number of nitrogens with one attached hydrogen (secondary N) is 1. The van der Waals surface area contributed by atoms with Gasteiger partial charge in [-0.1, -0.05) is 13.0 Å². The lowest BCUT2D eigenvalue weighted by atomic mass is 9.91. The molecule has 1 fully saturated rings. The second kappa shape index (κ2) is 6.42. The predicted octanol–water partition coefficient (Wildman–Crippen LogP) is 2.17. The maximum absolute atomic E-state index is 12.2. The number of aliphatic carboxylic acids is 1. The van der Waals surface area contributed by atoms with Gasteiger partial charge in [-0.05, 0) is 18.4 Å². The summed E-state index contributed by atoms with van der Waals surface area (Å²) in [6, 6.07) is 5.18. The molecular weight excluding hydrogens is 290 g/mol. The van der Waals surface area contributed by atoms with E-state index in [1.807, 2.05) is 6.92 Å². The maximum Gasteiger partial charge on any atom is 0.321 e. The van der Waals surface area contributed by atoms with E-state index in [-0.39, 0.29) is 18.2 Å². The van der Waals surface area contributed by atoms with Gasteiger partial charge in [-0.25, -0.2) is 4.79 Å². The minimum Gasteiger partial charge on any atom is -0.481 e. The SMILES string of the molecule is CC1CC(C(=O)O)CN(C(=O)Nc2cccc([N+](=O)[O-])c2)C1. The molecule has 1 aromatic carbocycles. The van der Waals surface area contributed by atoms with Crippen molar-refractivity contribution in [1.82, 2.24) is 4.90 Å². The standard InChI is InChI=1S/C14H17N3O5/c1-9-5-10(13(18)19)8-16(7-9)14(20)15-11-3-2-4-12(6-11)17(21)22/h2-4,6,9-10H,5,7-8H2,1H3,(H,15,20)(H,18,19). The van der Waals surface area contributed by atoms with Gasteiger partial charge < -0.3 is 15.3 Å². The van der Waals surface area contributed by atoms with Crippen molar-refractivity contribution in [2.45, 2.75) is 13.3 Å². The summed E-state index contributed by atoms with van der Waals surface area (Å²) in [7, 11) is 0. The molecule has 2 rings (SSSR count). The minimum atomic E-state index is -0.917. The number of anilines is 1. The van der Waals surface area contributed by atoms with Crippen LogP contribution in [0.5, 0.6) is 0 Å². The molecule has 1 aromatic rings. The van der Waals surface area contributed by atoms with Crippen molar-refractivity contribution in [2.24, 2.45) is 11.8 Å². The van der Waals surface area contributed by atoms with Crippen molar-refractivity contribution in [2.75, 3.05) is 18.4 Å². The molecule has 8 heteroatoms. The number of benzene rings is 1. The summed E-state index contributed by atoms with van der Waals surface area (Å²) in [5.74, 6) is -1.41. The number of amides is 2. The van der Waals surface area contributed by atoms with Crippen molar-refractivity contribution in [3.05, 3.63) is 34.4 Å². The third-order valence-electron chi connectivity index (χ3n) is 3.60. The van der Waals surface area contributed by atoms with Crippen LogP contribution in [0.2, 0.25) is 0 Å². The molecule has 1 aliphatic heterocycles. The molecule has 0 bridgehead atoms. The van der Waals surface area contributed by atoms with Crippen LogP contribution < -0.4 is 5.32 Å². The number of urea groups is 1. The summed E-state index contributed by atoms with van der Waals surface area (Å²) < 4.78 is 0. The quantitative estimate of drug-likeness (QED) is 0.656. The van der Waals surface area contributed by atoms with Crippen LogP contribution in [0.1, 0.15) is 13.3 Å². The summed E-state index contributed by atoms with van der Waals surface area (Å²) in [6.45, 7) is 2.49. The highest BCUT2D eigenvalue weighted by Gasteiger charge is 2.31. The normalized spacial score (nSPS) is 21.2. The number of carbonyl (C=O) groups excluding carboxylic acids is 1. The molecule has 2 unspecified atom stereocenters. The summed E-state index contributed by atoms with van der Waals surface area (Å²) in [5, 5.41) is 22.4. The molecule has 0 saturated carbocycles. The van der Waals surface area contributed by atoms with Crippen LogP contribution in [0.4, 0.5) is 16.2 Å². The Morgan fingerprint density at radius 1 is 1.41 bits per heavy atom. The Labute approximate surface area is 126 Å². The number of nitro benzene ring substituents is 1. The predicted molar refractivity (Wildman–Crippen MR) is 78.6 cm³/mol. The van der Waals surface area contributed by atoms with Gasteiger partial charge in [0.15, 0.2) is 0 Å². The Morgan fingerprint density at radius 2 is 2.14 bits per heavy atom. The molecule has 2 atom stereocenters.